The van der Waals surface area contributed by atoms with Crippen molar-refractivity contribution in [2.75, 3.05) is 5.32 Å². The number of amides is 1. The number of thioether (sulfide) groups is 1. The Labute approximate surface area is 190 Å². The van der Waals surface area contributed by atoms with Crippen LogP contribution >= 0.6 is 11.8 Å². The van der Waals surface area contributed by atoms with Crippen molar-refractivity contribution in [3.63, 3.8) is 0 Å². The molecule has 7 heteroatoms. The highest BCUT2D eigenvalue weighted by Crippen LogP contribution is 2.27. The summed E-state index contributed by atoms with van der Waals surface area (Å²) in [5.41, 5.74) is 6.43. The molecule has 1 N–H and O–H groups in total. The van der Waals surface area contributed by atoms with Crippen molar-refractivity contribution in [1.29, 1.82) is 5.26 Å². The van der Waals surface area contributed by atoms with E-state index in [1.54, 1.807) is 6.08 Å². The van der Waals surface area contributed by atoms with Gasteiger partial charge in [0, 0.05) is 27.7 Å². The van der Waals surface area contributed by atoms with E-state index in [9.17, 15) is 18.8 Å². The van der Waals surface area contributed by atoms with Crippen LogP contribution in [-0.2, 0) is 4.79 Å². The molecule has 164 valence electrons. The van der Waals surface area contributed by atoms with Crippen molar-refractivity contribution < 1.29 is 13.6 Å². The SMILES string of the molecule is Cc1ccc(-n2c(C)cc(/C=C(\C#N)C(=O)Nc3ccc(SC(F)F)cc3)c2C)c(C)c1. The van der Waals surface area contributed by atoms with Crippen molar-refractivity contribution in [2.45, 2.75) is 38.3 Å². The largest absolute Gasteiger partial charge is 0.321 e. The number of aryl methyl sites for hydroxylation is 3. The molecule has 0 aliphatic heterocycles. The highest BCUT2D eigenvalue weighted by atomic mass is 32.2. The van der Waals surface area contributed by atoms with E-state index >= 15 is 0 Å². The quantitative estimate of drug-likeness (QED) is 0.262. The average molecular weight is 452 g/mol. The average Bonchev–Trinajstić information content (AvgIpc) is 3.00. The van der Waals surface area contributed by atoms with Crippen LogP contribution < -0.4 is 5.32 Å². The first kappa shape index (κ1) is 23.3. The van der Waals surface area contributed by atoms with Crippen LogP contribution in [0.3, 0.4) is 0 Å². The van der Waals surface area contributed by atoms with E-state index in [0.717, 1.165) is 28.2 Å². The van der Waals surface area contributed by atoms with Crippen LogP contribution in [0.2, 0.25) is 0 Å². The Bertz CT molecular complexity index is 1220. The van der Waals surface area contributed by atoms with Crippen molar-refractivity contribution in [3.8, 4) is 11.8 Å². The van der Waals surface area contributed by atoms with E-state index < -0.39 is 11.7 Å². The molecule has 0 saturated heterocycles. The number of benzene rings is 2. The van der Waals surface area contributed by atoms with Gasteiger partial charge in [-0.25, -0.2) is 0 Å². The van der Waals surface area contributed by atoms with E-state index in [4.69, 9.17) is 0 Å². The van der Waals surface area contributed by atoms with Gasteiger partial charge in [-0.05, 0) is 81.3 Å². The summed E-state index contributed by atoms with van der Waals surface area (Å²) in [5, 5.41) is 12.2. The number of carbonyl (C=O) groups excluding carboxylic acids is 1. The normalized spacial score (nSPS) is 11.5. The third-order valence-electron chi connectivity index (χ3n) is 5.07. The molecule has 1 amide bonds. The number of aromatic nitrogens is 1. The Morgan fingerprint density at radius 1 is 1.09 bits per heavy atom. The molecule has 0 fully saturated rings. The molecule has 0 aliphatic carbocycles. The predicted octanol–water partition coefficient (Wildman–Crippen LogP) is 6.57. The summed E-state index contributed by atoms with van der Waals surface area (Å²) in [7, 11) is 0. The van der Waals surface area contributed by atoms with Gasteiger partial charge in [0.2, 0.25) is 0 Å². The molecule has 0 atom stereocenters. The van der Waals surface area contributed by atoms with Crippen LogP contribution in [0, 0.1) is 39.0 Å². The molecular weight excluding hydrogens is 428 g/mol. The fourth-order valence-electron chi connectivity index (χ4n) is 3.58. The summed E-state index contributed by atoms with van der Waals surface area (Å²) >= 11 is 0.432. The number of nitrogens with zero attached hydrogens (tertiary/aromatic N) is 2. The zero-order valence-electron chi connectivity index (χ0n) is 18.2. The van der Waals surface area contributed by atoms with E-state index in [-0.39, 0.29) is 5.57 Å². The molecule has 4 nitrogen and oxygen atoms in total. The molecule has 0 unspecified atom stereocenters. The number of alkyl halides is 2. The maximum Gasteiger partial charge on any atom is 0.288 e. The van der Waals surface area contributed by atoms with Gasteiger partial charge in [0.25, 0.3) is 11.7 Å². The lowest BCUT2D eigenvalue weighted by Gasteiger charge is -2.13. The standard InChI is InChI=1S/C25H23F2N3OS/c1-15-5-10-23(16(2)11-15)30-17(3)12-19(18(30)4)13-20(14-28)24(31)29-21-6-8-22(9-7-21)32-25(26)27/h5-13,25H,1-4H3,(H,29,31)/b20-13+. The van der Waals surface area contributed by atoms with E-state index in [1.165, 1.54) is 29.8 Å². The molecule has 3 rings (SSSR count). The lowest BCUT2D eigenvalue weighted by molar-refractivity contribution is -0.112. The second kappa shape index (κ2) is 9.84. The van der Waals surface area contributed by atoms with Crippen LogP contribution in [0.1, 0.15) is 28.1 Å². The molecule has 1 aromatic heterocycles. The highest BCUT2D eigenvalue weighted by Gasteiger charge is 2.15. The Kier molecular flexibility index (Phi) is 7.16. The zero-order valence-corrected chi connectivity index (χ0v) is 19.1. The van der Waals surface area contributed by atoms with Gasteiger partial charge in [-0.2, -0.15) is 14.0 Å². The fraction of sp³-hybridized carbons (Fsp3) is 0.200. The third kappa shape index (κ3) is 5.27. The Balaban J connectivity index is 1.86. The van der Waals surface area contributed by atoms with Crippen molar-refractivity contribution in [3.05, 3.63) is 82.2 Å². The molecular formula is C25H23F2N3OS. The Morgan fingerprint density at radius 2 is 1.78 bits per heavy atom. The summed E-state index contributed by atoms with van der Waals surface area (Å²) in [6.45, 7) is 8.03. The van der Waals surface area contributed by atoms with Gasteiger partial charge in [-0.3, -0.25) is 4.79 Å². The third-order valence-corrected chi connectivity index (χ3v) is 5.79. The summed E-state index contributed by atoms with van der Waals surface area (Å²) in [5.74, 6) is -3.07. The number of anilines is 1. The van der Waals surface area contributed by atoms with Gasteiger partial charge in [0.15, 0.2) is 0 Å². The molecule has 0 saturated carbocycles. The number of halogens is 2. The lowest BCUT2D eigenvalue weighted by Crippen LogP contribution is -2.13. The van der Waals surface area contributed by atoms with Crippen LogP contribution in [-0.4, -0.2) is 16.2 Å². The molecule has 0 spiro atoms. The molecule has 0 aliphatic rings. The number of nitriles is 1. The fourth-order valence-corrected chi connectivity index (χ4v) is 4.08. The van der Waals surface area contributed by atoms with Crippen LogP contribution in [0.4, 0.5) is 14.5 Å². The topological polar surface area (TPSA) is 57.8 Å². The minimum atomic E-state index is -2.51. The van der Waals surface area contributed by atoms with Crippen molar-refractivity contribution in [2.24, 2.45) is 0 Å². The van der Waals surface area contributed by atoms with Gasteiger partial charge in [-0.15, -0.1) is 0 Å². The maximum atomic E-state index is 12.6. The number of hydrogen-bond donors (Lipinski definition) is 1. The number of hydrogen-bond acceptors (Lipinski definition) is 3. The number of carbonyl (C=O) groups is 1. The summed E-state index contributed by atoms with van der Waals surface area (Å²) in [6.07, 6.45) is 1.57. The predicted molar refractivity (Wildman–Crippen MR) is 125 cm³/mol. The maximum absolute atomic E-state index is 12.6. The van der Waals surface area contributed by atoms with E-state index in [2.05, 4.69) is 35.0 Å². The molecule has 0 radical (unpaired) electrons. The molecule has 3 aromatic rings. The second-order valence-corrected chi connectivity index (χ2v) is 8.54. The zero-order chi connectivity index (χ0) is 23.4. The smallest absolute Gasteiger partial charge is 0.288 e. The monoisotopic (exact) mass is 451 g/mol. The molecule has 32 heavy (non-hydrogen) atoms. The van der Waals surface area contributed by atoms with Crippen LogP contribution in [0.15, 0.2) is 59.0 Å². The Hall–Kier alpha value is -3.37. The summed E-state index contributed by atoms with van der Waals surface area (Å²) in [6, 6.07) is 16.2. The molecule has 0 bridgehead atoms. The lowest BCUT2D eigenvalue weighted by atomic mass is 10.1. The Morgan fingerprint density at radius 3 is 2.38 bits per heavy atom. The first-order valence-electron chi connectivity index (χ1n) is 9.94. The van der Waals surface area contributed by atoms with Crippen LogP contribution in [0.25, 0.3) is 11.8 Å². The second-order valence-electron chi connectivity index (χ2n) is 7.48. The first-order chi connectivity index (χ1) is 15.2. The first-order valence-corrected chi connectivity index (χ1v) is 10.8. The van der Waals surface area contributed by atoms with Crippen LogP contribution in [0.5, 0.6) is 0 Å². The molecule has 2 aromatic carbocycles. The van der Waals surface area contributed by atoms with E-state index in [1.807, 2.05) is 32.9 Å². The van der Waals surface area contributed by atoms with Crippen molar-refractivity contribution >= 4 is 29.4 Å². The van der Waals surface area contributed by atoms with Gasteiger partial charge in [-0.1, -0.05) is 29.5 Å². The van der Waals surface area contributed by atoms with Crippen molar-refractivity contribution in [1.82, 2.24) is 4.57 Å². The summed E-state index contributed by atoms with van der Waals surface area (Å²) in [4.78, 5) is 13.0. The minimum Gasteiger partial charge on any atom is -0.321 e. The van der Waals surface area contributed by atoms with Gasteiger partial charge in [0.1, 0.15) is 11.6 Å². The van der Waals surface area contributed by atoms with Gasteiger partial charge >= 0.3 is 0 Å². The minimum absolute atomic E-state index is 0.0445. The number of rotatable bonds is 6. The summed E-state index contributed by atoms with van der Waals surface area (Å²) < 4.78 is 27.0. The van der Waals surface area contributed by atoms with Gasteiger partial charge in [0.05, 0.1) is 0 Å². The van der Waals surface area contributed by atoms with Gasteiger partial charge < -0.3 is 9.88 Å². The van der Waals surface area contributed by atoms with E-state index in [0.29, 0.717) is 22.3 Å². The molecule has 1 heterocycles. The number of nitrogens with one attached hydrogen (secondary N) is 1. The highest BCUT2D eigenvalue weighted by molar-refractivity contribution is 7.99.